The summed E-state index contributed by atoms with van der Waals surface area (Å²) in [4.78, 5) is 0. The van der Waals surface area contributed by atoms with Gasteiger partial charge in [-0.3, -0.25) is 0 Å². The lowest BCUT2D eigenvalue weighted by Crippen LogP contribution is -1.85. The third-order valence-corrected chi connectivity index (χ3v) is 3.67. The number of rotatable bonds is 12. The van der Waals surface area contributed by atoms with E-state index in [0.717, 1.165) is 6.42 Å². The second-order valence-electron chi connectivity index (χ2n) is 5.69. The summed E-state index contributed by atoms with van der Waals surface area (Å²) < 4.78 is 0. The van der Waals surface area contributed by atoms with Crippen molar-refractivity contribution in [3.8, 4) is 0 Å². The standard InChI is InChI=1S/C21H31/c1-2-3-4-5-6-7-8-9-10-11-12-13-15-18-21-19-16-14-17-20-21/h4-5,7-8,14,16,19-20H,2-3,6,9-13,15,18H2,1H3. The molecule has 0 aromatic heterocycles. The number of hydrogen-bond donors (Lipinski definition) is 0. The van der Waals surface area contributed by atoms with Crippen LogP contribution in [0, 0.1) is 6.07 Å². The fraction of sp³-hybridized carbons (Fsp3) is 0.524. The molecule has 1 aromatic carbocycles. The molecule has 0 heteroatoms. The lowest BCUT2D eigenvalue weighted by atomic mass is 10.0. The van der Waals surface area contributed by atoms with Gasteiger partial charge in [-0.05, 0) is 50.2 Å². The van der Waals surface area contributed by atoms with Gasteiger partial charge in [0.1, 0.15) is 0 Å². The SMILES string of the molecule is CCCC=CCC=CCCCCCCCc1c[c]ccc1. The van der Waals surface area contributed by atoms with Crippen LogP contribution in [-0.4, -0.2) is 0 Å². The monoisotopic (exact) mass is 283 g/mol. The molecule has 0 unspecified atom stereocenters. The van der Waals surface area contributed by atoms with Crippen molar-refractivity contribution in [2.45, 2.75) is 71.1 Å². The van der Waals surface area contributed by atoms with E-state index in [9.17, 15) is 0 Å². The van der Waals surface area contributed by atoms with Crippen molar-refractivity contribution in [3.63, 3.8) is 0 Å². The van der Waals surface area contributed by atoms with Gasteiger partial charge in [0.05, 0.1) is 0 Å². The number of allylic oxidation sites excluding steroid dienone is 4. The summed E-state index contributed by atoms with van der Waals surface area (Å²) in [6.45, 7) is 2.22. The molecule has 1 aromatic rings. The van der Waals surface area contributed by atoms with Crippen LogP contribution in [0.15, 0.2) is 48.6 Å². The minimum atomic E-state index is 1.11. The predicted octanol–water partition coefficient (Wildman–Crippen LogP) is 6.67. The lowest BCUT2D eigenvalue weighted by molar-refractivity contribution is 0.617. The van der Waals surface area contributed by atoms with Gasteiger partial charge in [0, 0.05) is 0 Å². The molecule has 0 aliphatic rings. The first-order chi connectivity index (χ1) is 10.4. The number of benzene rings is 1. The fourth-order valence-corrected chi connectivity index (χ4v) is 2.38. The zero-order chi connectivity index (χ0) is 15.0. The highest BCUT2D eigenvalue weighted by atomic mass is 14.0. The van der Waals surface area contributed by atoms with Gasteiger partial charge in [-0.1, -0.05) is 81.2 Å². The second kappa shape index (κ2) is 13.7. The van der Waals surface area contributed by atoms with Gasteiger partial charge in [-0.25, -0.2) is 0 Å². The van der Waals surface area contributed by atoms with Gasteiger partial charge in [0.2, 0.25) is 0 Å². The summed E-state index contributed by atoms with van der Waals surface area (Å²) in [5.41, 5.74) is 1.43. The summed E-state index contributed by atoms with van der Waals surface area (Å²) in [6, 6.07) is 11.5. The summed E-state index contributed by atoms with van der Waals surface area (Å²) in [7, 11) is 0. The van der Waals surface area contributed by atoms with Gasteiger partial charge in [-0.15, -0.1) is 0 Å². The fourth-order valence-electron chi connectivity index (χ4n) is 2.38. The first-order valence-corrected chi connectivity index (χ1v) is 8.68. The molecule has 0 aliphatic heterocycles. The van der Waals surface area contributed by atoms with E-state index in [1.807, 2.05) is 6.07 Å². The average Bonchev–Trinajstić information content (AvgIpc) is 2.53. The van der Waals surface area contributed by atoms with Crippen molar-refractivity contribution in [3.05, 3.63) is 60.2 Å². The Hall–Kier alpha value is -1.30. The van der Waals surface area contributed by atoms with Gasteiger partial charge in [-0.2, -0.15) is 0 Å². The molecular weight excluding hydrogens is 252 g/mol. The maximum absolute atomic E-state index is 3.15. The van der Waals surface area contributed by atoms with E-state index in [-0.39, 0.29) is 0 Å². The van der Waals surface area contributed by atoms with Crippen LogP contribution in [0.4, 0.5) is 0 Å². The molecule has 0 heterocycles. The molecule has 0 N–H and O–H groups in total. The molecule has 1 rings (SSSR count). The van der Waals surface area contributed by atoms with E-state index in [1.165, 1.54) is 63.4 Å². The van der Waals surface area contributed by atoms with Gasteiger partial charge < -0.3 is 0 Å². The third-order valence-electron chi connectivity index (χ3n) is 3.67. The molecule has 0 saturated carbocycles. The number of aryl methyl sites for hydroxylation is 1. The highest BCUT2D eigenvalue weighted by Gasteiger charge is 1.93. The average molecular weight is 283 g/mol. The summed E-state index contributed by atoms with van der Waals surface area (Å²) >= 11 is 0. The first-order valence-electron chi connectivity index (χ1n) is 8.68. The summed E-state index contributed by atoms with van der Waals surface area (Å²) in [5, 5.41) is 0. The first kappa shape index (κ1) is 17.8. The zero-order valence-corrected chi connectivity index (χ0v) is 13.7. The minimum absolute atomic E-state index is 1.11. The van der Waals surface area contributed by atoms with E-state index in [2.05, 4.69) is 55.5 Å². The zero-order valence-electron chi connectivity index (χ0n) is 13.7. The smallest absolute Gasteiger partial charge is 0.0169 e. The molecule has 0 spiro atoms. The van der Waals surface area contributed by atoms with Crippen molar-refractivity contribution in [1.29, 1.82) is 0 Å². The molecule has 115 valence electrons. The van der Waals surface area contributed by atoms with Crippen molar-refractivity contribution in [2.24, 2.45) is 0 Å². The largest absolute Gasteiger partial charge is 0.0882 e. The number of hydrogen-bond acceptors (Lipinski definition) is 0. The Morgan fingerprint density at radius 2 is 1.67 bits per heavy atom. The maximum Gasteiger partial charge on any atom is -0.0169 e. The van der Waals surface area contributed by atoms with E-state index in [0.29, 0.717) is 0 Å². The van der Waals surface area contributed by atoms with Gasteiger partial charge in [0.25, 0.3) is 0 Å². The van der Waals surface area contributed by atoms with Crippen molar-refractivity contribution in [2.75, 3.05) is 0 Å². The van der Waals surface area contributed by atoms with Crippen molar-refractivity contribution >= 4 is 0 Å². The topological polar surface area (TPSA) is 0 Å². The van der Waals surface area contributed by atoms with Crippen LogP contribution >= 0.6 is 0 Å². The highest BCUT2D eigenvalue weighted by Crippen LogP contribution is 2.10. The highest BCUT2D eigenvalue weighted by molar-refractivity contribution is 5.13. The molecule has 0 bridgehead atoms. The Kier molecular flexibility index (Phi) is 11.6. The molecule has 0 saturated heterocycles. The normalized spacial score (nSPS) is 11.7. The van der Waals surface area contributed by atoms with Gasteiger partial charge >= 0.3 is 0 Å². The maximum atomic E-state index is 3.15. The molecule has 0 atom stereocenters. The van der Waals surface area contributed by atoms with Crippen LogP contribution in [0.3, 0.4) is 0 Å². The molecular formula is C21H31. The Morgan fingerprint density at radius 3 is 2.43 bits per heavy atom. The molecule has 0 nitrogen and oxygen atoms in total. The Balaban J connectivity index is 1.85. The van der Waals surface area contributed by atoms with Crippen LogP contribution < -0.4 is 0 Å². The van der Waals surface area contributed by atoms with Gasteiger partial charge in [0.15, 0.2) is 0 Å². The van der Waals surface area contributed by atoms with Crippen LogP contribution in [0.1, 0.15) is 70.3 Å². The summed E-state index contributed by atoms with van der Waals surface area (Å²) in [5.74, 6) is 0. The van der Waals surface area contributed by atoms with E-state index >= 15 is 0 Å². The van der Waals surface area contributed by atoms with E-state index in [4.69, 9.17) is 0 Å². The molecule has 0 fully saturated rings. The third kappa shape index (κ3) is 11.1. The van der Waals surface area contributed by atoms with E-state index in [1.54, 1.807) is 0 Å². The predicted molar refractivity (Wildman–Crippen MR) is 94.5 cm³/mol. The quantitative estimate of drug-likeness (QED) is 0.297. The lowest BCUT2D eigenvalue weighted by Gasteiger charge is -2.01. The number of unbranched alkanes of at least 4 members (excludes halogenated alkanes) is 6. The Morgan fingerprint density at radius 1 is 0.905 bits per heavy atom. The van der Waals surface area contributed by atoms with Crippen LogP contribution in [0.5, 0.6) is 0 Å². The van der Waals surface area contributed by atoms with E-state index < -0.39 is 0 Å². The van der Waals surface area contributed by atoms with Crippen molar-refractivity contribution in [1.82, 2.24) is 0 Å². The minimum Gasteiger partial charge on any atom is -0.0882 e. The molecule has 0 aliphatic carbocycles. The Labute approximate surface area is 132 Å². The summed E-state index contributed by atoms with van der Waals surface area (Å²) in [6.07, 6.45) is 22.0. The van der Waals surface area contributed by atoms with Crippen LogP contribution in [-0.2, 0) is 6.42 Å². The van der Waals surface area contributed by atoms with Crippen LogP contribution in [0.2, 0.25) is 0 Å². The second-order valence-corrected chi connectivity index (χ2v) is 5.69. The molecule has 0 amide bonds. The van der Waals surface area contributed by atoms with Crippen LogP contribution in [0.25, 0.3) is 0 Å². The Bertz CT molecular complexity index is 372. The van der Waals surface area contributed by atoms with Crippen molar-refractivity contribution < 1.29 is 0 Å². The molecule has 1 radical (unpaired) electrons. The molecule has 21 heavy (non-hydrogen) atoms.